The minimum Gasteiger partial charge on any atom is -0.480 e. The largest absolute Gasteiger partial charge is 0.480 e. The molecule has 0 radical (unpaired) electrons. The highest BCUT2D eigenvalue weighted by Crippen LogP contribution is 2.15. The van der Waals surface area contributed by atoms with E-state index in [0.717, 1.165) is 0 Å². The summed E-state index contributed by atoms with van der Waals surface area (Å²) < 4.78 is 13.2. The molecule has 0 amide bonds. The fraction of sp³-hybridized carbons (Fsp3) is 0.250. The highest BCUT2D eigenvalue weighted by atomic mass is 19.2. The predicted octanol–water partition coefficient (Wildman–Crippen LogP) is 1.25. The van der Waals surface area contributed by atoms with Crippen LogP contribution in [0, 0.1) is 0 Å². The zero-order valence-corrected chi connectivity index (χ0v) is 7.01. The van der Waals surface area contributed by atoms with Gasteiger partial charge in [-0.15, -0.1) is 0 Å². The Morgan fingerprint density at radius 3 is 2.92 bits per heavy atom. The summed E-state index contributed by atoms with van der Waals surface area (Å²) in [6, 6.07) is 1.78. The maximum Gasteiger partial charge on any atom is 0.328 e. The maximum absolute atomic E-state index is 13.2. The summed E-state index contributed by atoms with van der Waals surface area (Å²) in [5, 5.41) is 8.67. The Hall–Kier alpha value is -1.65. The van der Waals surface area contributed by atoms with E-state index >= 15 is 0 Å². The van der Waals surface area contributed by atoms with Crippen molar-refractivity contribution in [2.24, 2.45) is 0 Å². The third-order valence-corrected chi connectivity index (χ3v) is 1.59. The minimum atomic E-state index is -1.22. The van der Waals surface area contributed by atoms with E-state index in [2.05, 4.69) is 4.98 Å². The zero-order valence-electron chi connectivity index (χ0n) is 7.01. The molecule has 1 heterocycles. The Bertz CT molecular complexity index is 291. The van der Waals surface area contributed by atoms with Crippen LogP contribution < -0.4 is 5.12 Å². The van der Waals surface area contributed by atoms with Gasteiger partial charge in [-0.05, 0) is 19.1 Å². The number of rotatable bonds is 3. The lowest BCUT2D eigenvalue weighted by atomic mass is 10.3. The molecule has 13 heavy (non-hydrogen) atoms. The van der Waals surface area contributed by atoms with E-state index in [1.54, 1.807) is 0 Å². The van der Waals surface area contributed by atoms with Gasteiger partial charge in [0.15, 0.2) is 6.04 Å². The van der Waals surface area contributed by atoms with Crippen LogP contribution in [-0.4, -0.2) is 22.1 Å². The van der Waals surface area contributed by atoms with Gasteiger partial charge < -0.3 is 5.11 Å². The summed E-state index contributed by atoms with van der Waals surface area (Å²) in [5.41, 5.74) is 0.136. The molecule has 0 fully saturated rings. The second kappa shape index (κ2) is 3.84. The van der Waals surface area contributed by atoms with Crippen LogP contribution in [0.4, 0.5) is 10.2 Å². The molecule has 70 valence electrons. The van der Waals surface area contributed by atoms with Crippen LogP contribution in [0.15, 0.2) is 24.5 Å². The molecule has 5 heteroatoms. The molecule has 0 spiro atoms. The molecule has 1 atom stereocenters. The summed E-state index contributed by atoms with van der Waals surface area (Å²) in [6.45, 7) is 1.26. The molecule has 1 unspecified atom stereocenters. The Labute approximate surface area is 74.6 Å². The maximum atomic E-state index is 13.2. The molecule has 0 saturated carbocycles. The van der Waals surface area contributed by atoms with E-state index in [9.17, 15) is 9.28 Å². The fourth-order valence-corrected chi connectivity index (χ4v) is 0.801. The summed E-state index contributed by atoms with van der Waals surface area (Å²) in [6.07, 6.45) is 2.75. The molecule has 0 aliphatic rings. The summed E-state index contributed by atoms with van der Waals surface area (Å²) in [4.78, 5) is 14.1. The molecule has 1 aromatic heterocycles. The Morgan fingerprint density at radius 1 is 1.77 bits per heavy atom. The Morgan fingerprint density at radius 2 is 2.46 bits per heavy atom. The highest BCUT2D eigenvalue weighted by Gasteiger charge is 2.20. The normalized spacial score (nSPS) is 12.2. The first-order chi connectivity index (χ1) is 6.13. The lowest BCUT2D eigenvalue weighted by Gasteiger charge is -2.16. The number of aromatic nitrogens is 1. The van der Waals surface area contributed by atoms with Gasteiger partial charge in [0.05, 0.1) is 11.9 Å². The van der Waals surface area contributed by atoms with E-state index in [1.165, 1.54) is 31.5 Å². The number of aliphatic carboxylic acids is 1. The van der Waals surface area contributed by atoms with Gasteiger partial charge in [0.2, 0.25) is 0 Å². The molecule has 1 N–H and O–H groups in total. The van der Waals surface area contributed by atoms with Gasteiger partial charge in [0.25, 0.3) is 0 Å². The van der Waals surface area contributed by atoms with Gasteiger partial charge in [-0.3, -0.25) is 4.98 Å². The van der Waals surface area contributed by atoms with E-state index in [0.29, 0.717) is 0 Å². The highest BCUT2D eigenvalue weighted by molar-refractivity contribution is 5.76. The quantitative estimate of drug-likeness (QED) is 0.718. The molecule has 1 aromatic rings. The van der Waals surface area contributed by atoms with Crippen LogP contribution >= 0.6 is 0 Å². The molecule has 0 saturated heterocycles. The lowest BCUT2D eigenvalue weighted by Crippen LogP contribution is -2.32. The van der Waals surface area contributed by atoms with E-state index in [4.69, 9.17) is 5.11 Å². The predicted molar refractivity (Wildman–Crippen MR) is 44.9 cm³/mol. The summed E-state index contributed by atoms with van der Waals surface area (Å²) in [5.74, 6) is -1.22. The van der Waals surface area contributed by atoms with Crippen LogP contribution in [0.25, 0.3) is 0 Å². The van der Waals surface area contributed by atoms with Crippen molar-refractivity contribution in [3.05, 3.63) is 24.5 Å². The first-order valence-corrected chi connectivity index (χ1v) is 3.71. The van der Waals surface area contributed by atoms with Gasteiger partial charge in [0, 0.05) is 6.20 Å². The lowest BCUT2D eigenvalue weighted by molar-refractivity contribution is -0.138. The van der Waals surface area contributed by atoms with E-state index in [1.807, 2.05) is 0 Å². The van der Waals surface area contributed by atoms with Gasteiger partial charge >= 0.3 is 5.97 Å². The summed E-state index contributed by atoms with van der Waals surface area (Å²) in [7, 11) is 0. The smallest absolute Gasteiger partial charge is 0.328 e. The van der Waals surface area contributed by atoms with Crippen molar-refractivity contribution in [1.82, 2.24) is 4.98 Å². The van der Waals surface area contributed by atoms with Crippen molar-refractivity contribution in [2.75, 3.05) is 5.12 Å². The summed E-state index contributed by atoms with van der Waals surface area (Å²) >= 11 is 0. The molecule has 1 rings (SSSR count). The third-order valence-electron chi connectivity index (χ3n) is 1.59. The number of carboxylic acid groups (broad SMARTS) is 1. The van der Waals surface area contributed by atoms with Gasteiger partial charge in [-0.25, -0.2) is 4.79 Å². The topological polar surface area (TPSA) is 53.4 Å². The SMILES string of the molecule is CC(C(=O)O)N(F)c1cccnc1. The average molecular weight is 184 g/mol. The van der Waals surface area contributed by atoms with Gasteiger partial charge in [-0.1, -0.05) is 4.48 Å². The van der Waals surface area contributed by atoms with Crippen LogP contribution in [0.2, 0.25) is 0 Å². The molecule has 0 bridgehead atoms. The number of anilines is 1. The van der Waals surface area contributed by atoms with Crippen LogP contribution in [0.3, 0.4) is 0 Å². The number of pyridine rings is 1. The van der Waals surface area contributed by atoms with Gasteiger partial charge in [0.1, 0.15) is 0 Å². The Balaban J connectivity index is 2.79. The standard InChI is InChI=1S/C8H9FN2O2/c1-6(8(12)13)11(9)7-3-2-4-10-5-7/h2-6H,1H3,(H,12,13). The van der Waals surface area contributed by atoms with Gasteiger partial charge in [-0.2, -0.15) is 5.12 Å². The van der Waals surface area contributed by atoms with Crippen LogP contribution in [-0.2, 0) is 4.79 Å². The first kappa shape index (κ1) is 9.44. The number of hydrogen-bond donors (Lipinski definition) is 1. The first-order valence-electron chi connectivity index (χ1n) is 3.71. The van der Waals surface area contributed by atoms with Crippen molar-refractivity contribution in [3.8, 4) is 0 Å². The van der Waals surface area contributed by atoms with E-state index in [-0.39, 0.29) is 10.8 Å². The fourth-order valence-electron chi connectivity index (χ4n) is 0.801. The molecule has 0 aliphatic carbocycles. The van der Waals surface area contributed by atoms with Crippen molar-refractivity contribution in [1.29, 1.82) is 0 Å². The zero-order chi connectivity index (χ0) is 9.84. The number of carbonyl (C=O) groups is 1. The molecule has 4 nitrogen and oxygen atoms in total. The minimum absolute atomic E-state index is 0.136. The molecular formula is C8H9FN2O2. The van der Waals surface area contributed by atoms with Crippen molar-refractivity contribution in [3.63, 3.8) is 0 Å². The third kappa shape index (κ3) is 2.14. The van der Waals surface area contributed by atoms with Crippen molar-refractivity contribution >= 4 is 11.7 Å². The Kier molecular flexibility index (Phi) is 2.79. The number of hydrogen-bond acceptors (Lipinski definition) is 3. The molecule has 0 aromatic carbocycles. The van der Waals surface area contributed by atoms with Crippen LogP contribution in [0.5, 0.6) is 0 Å². The molecular weight excluding hydrogens is 175 g/mol. The van der Waals surface area contributed by atoms with Crippen molar-refractivity contribution < 1.29 is 14.4 Å². The van der Waals surface area contributed by atoms with Crippen LogP contribution in [0.1, 0.15) is 6.92 Å². The van der Waals surface area contributed by atoms with Crippen molar-refractivity contribution in [2.45, 2.75) is 13.0 Å². The number of nitrogens with zero attached hydrogens (tertiary/aromatic N) is 2. The molecule has 0 aliphatic heterocycles. The second-order valence-electron chi connectivity index (χ2n) is 2.54. The number of carboxylic acids is 1. The number of halogens is 1. The average Bonchev–Trinajstić information content (AvgIpc) is 2.17. The second-order valence-corrected chi connectivity index (χ2v) is 2.54. The van der Waals surface area contributed by atoms with E-state index < -0.39 is 12.0 Å². The monoisotopic (exact) mass is 184 g/mol.